The molecule has 0 aliphatic rings. The number of aliphatic hydroxyl groups excluding tert-OH is 1. The number of hydrogen-bond donors (Lipinski definition) is 2. The minimum absolute atomic E-state index is 0.0149. The van der Waals surface area contributed by atoms with Crippen LogP contribution in [0.5, 0.6) is 0 Å². The molecule has 19 heavy (non-hydrogen) atoms. The number of aromatic nitrogens is 2. The average Bonchev–Trinajstić information content (AvgIpc) is 2.89. The SMILES string of the molecule is CC(C)(C)NC[C@@H](O)c1cccc(-n2cccc2)n1. The van der Waals surface area contributed by atoms with Gasteiger partial charge in [-0.05, 0) is 45.0 Å². The lowest BCUT2D eigenvalue weighted by Gasteiger charge is -2.22. The number of hydrogen-bond acceptors (Lipinski definition) is 3. The summed E-state index contributed by atoms with van der Waals surface area (Å²) in [6.45, 7) is 6.71. The van der Waals surface area contributed by atoms with Gasteiger partial charge in [-0.25, -0.2) is 4.98 Å². The monoisotopic (exact) mass is 259 g/mol. The van der Waals surface area contributed by atoms with E-state index >= 15 is 0 Å². The summed E-state index contributed by atoms with van der Waals surface area (Å²) in [6, 6.07) is 9.59. The minimum Gasteiger partial charge on any atom is -0.385 e. The molecule has 2 N–H and O–H groups in total. The van der Waals surface area contributed by atoms with Crippen LogP contribution in [0.4, 0.5) is 0 Å². The third kappa shape index (κ3) is 3.91. The van der Waals surface area contributed by atoms with Crippen LogP contribution < -0.4 is 5.32 Å². The van der Waals surface area contributed by atoms with Gasteiger partial charge in [0.05, 0.1) is 5.69 Å². The highest BCUT2D eigenvalue weighted by Gasteiger charge is 2.14. The predicted octanol–water partition coefficient (Wildman–Crippen LogP) is 2.29. The number of aliphatic hydroxyl groups is 1. The number of nitrogens with one attached hydrogen (secondary N) is 1. The van der Waals surface area contributed by atoms with Crippen molar-refractivity contribution in [2.45, 2.75) is 32.4 Å². The lowest BCUT2D eigenvalue weighted by Crippen LogP contribution is -2.38. The minimum atomic E-state index is -0.602. The summed E-state index contributed by atoms with van der Waals surface area (Å²) in [6.07, 6.45) is 3.27. The highest BCUT2D eigenvalue weighted by Crippen LogP contribution is 2.13. The molecule has 0 spiro atoms. The highest BCUT2D eigenvalue weighted by molar-refractivity contribution is 5.26. The fourth-order valence-corrected chi connectivity index (χ4v) is 1.76. The Bertz CT molecular complexity index is 514. The van der Waals surface area contributed by atoms with E-state index in [4.69, 9.17) is 0 Å². The largest absolute Gasteiger partial charge is 0.385 e. The van der Waals surface area contributed by atoms with Crippen molar-refractivity contribution in [1.29, 1.82) is 0 Å². The van der Waals surface area contributed by atoms with Crippen molar-refractivity contribution in [2.24, 2.45) is 0 Å². The molecule has 0 fully saturated rings. The lowest BCUT2D eigenvalue weighted by atomic mass is 10.1. The standard InChI is InChI=1S/C15H21N3O/c1-15(2,3)16-11-13(19)12-7-6-8-14(17-12)18-9-4-5-10-18/h4-10,13,16,19H,11H2,1-3H3/t13-/m1/s1. The van der Waals surface area contributed by atoms with Crippen LogP contribution in [0.3, 0.4) is 0 Å². The van der Waals surface area contributed by atoms with Crippen molar-refractivity contribution in [3.05, 3.63) is 48.4 Å². The van der Waals surface area contributed by atoms with Gasteiger partial charge in [-0.15, -0.1) is 0 Å². The molecule has 2 heterocycles. The Hall–Kier alpha value is -1.65. The summed E-state index contributed by atoms with van der Waals surface area (Å²) < 4.78 is 1.92. The van der Waals surface area contributed by atoms with E-state index in [1.807, 2.05) is 47.3 Å². The fourth-order valence-electron chi connectivity index (χ4n) is 1.76. The third-order valence-electron chi connectivity index (χ3n) is 2.79. The van der Waals surface area contributed by atoms with Gasteiger partial charge in [-0.2, -0.15) is 0 Å². The van der Waals surface area contributed by atoms with Crippen LogP contribution in [0.1, 0.15) is 32.6 Å². The van der Waals surface area contributed by atoms with Gasteiger partial charge in [0, 0.05) is 24.5 Å². The van der Waals surface area contributed by atoms with Crippen molar-refractivity contribution >= 4 is 0 Å². The first-order valence-corrected chi connectivity index (χ1v) is 6.49. The maximum absolute atomic E-state index is 10.2. The molecule has 0 unspecified atom stereocenters. The molecule has 102 valence electrons. The van der Waals surface area contributed by atoms with Crippen LogP contribution in [0.2, 0.25) is 0 Å². The Morgan fingerprint density at radius 2 is 1.89 bits per heavy atom. The van der Waals surface area contributed by atoms with Crippen LogP contribution in [-0.2, 0) is 0 Å². The molecular weight excluding hydrogens is 238 g/mol. The maximum Gasteiger partial charge on any atom is 0.136 e. The molecular formula is C15H21N3O. The van der Waals surface area contributed by atoms with Crippen molar-refractivity contribution in [1.82, 2.24) is 14.9 Å². The van der Waals surface area contributed by atoms with Crippen molar-refractivity contribution < 1.29 is 5.11 Å². The van der Waals surface area contributed by atoms with E-state index in [1.54, 1.807) is 0 Å². The van der Waals surface area contributed by atoms with E-state index in [1.165, 1.54) is 0 Å². The molecule has 0 saturated heterocycles. The van der Waals surface area contributed by atoms with E-state index in [9.17, 15) is 5.11 Å². The second kappa shape index (κ2) is 5.55. The van der Waals surface area contributed by atoms with Gasteiger partial charge in [0.1, 0.15) is 11.9 Å². The van der Waals surface area contributed by atoms with Gasteiger partial charge < -0.3 is 15.0 Å². The number of β-amino-alcohol motifs (C(OH)–C–C–N with tert-alkyl or cyclic N) is 1. The molecule has 0 bridgehead atoms. The van der Waals surface area contributed by atoms with Crippen LogP contribution in [0.15, 0.2) is 42.7 Å². The molecule has 0 saturated carbocycles. The molecule has 2 rings (SSSR count). The van der Waals surface area contributed by atoms with E-state index in [0.29, 0.717) is 12.2 Å². The van der Waals surface area contributed by atoms with Crippen molar-refractivity contribution in [3.8, 4) is 5.82 Å². The van der Waals surface area contributed by atoms with E-state index in [-0.39, 0.29) is 5.54 Å². The molecule has 2 aromatic heterocycles. The topological polar surface area (TPSA) is 50.1 Å². The van der Waals surface area contributed by atoms with E-state index in [0.717, 1.165) is 5.82 Å². The normalized spacial score (nSPS) is 13.5. The fraction of sp³-hybridized carbons (Fsp3) is 0.400. The maximum atomic E-state index is 10.2. The summed E-state index contributed by atoms with van der Waals surface area (Å²) in [7, 11) is 0. The van der Waals surface area contributed by atoms with Crippen molar-refractivity contribution in [3.63, 3.8) is 0 Å². The lowest BCUT2D eigenvalue weighted by molar-refractivity contribution is 0.159. The Labute approximate surface area is 114 Å². The van der Waals surface area contributed by atoms with Crippen molar-refractivity contribution in [2.75, 3.05) is 6.54 Å². The summed E-state index contributed by atoms with van der Waals surface area (Å²) in [5.74, 6) is 0.817. The van der Waals surface area contributed by atoms with Crippen LogP contribution >= 0.6 is 0 Å². The number of nitrogens with zero attached hydrogens (tertiary/aromatic N) is 2. The summed E-state index contributed by atoms with van der Waals surface area (Å²) in [4.78, 5) is 4.49. The highest BCUT2D eigenvalue weighted by atomic mass is 16.3. The smallest absolute Gasteiger partial charge is 0.136 e. The van der Waals surface area contributed by atoms with Crippen LogP contribution in [-0.4, -0.2) is 26.7 Å². The van der Waals surface area contributed by atoms with E-state index < -0.39 is 6.10 Å². The molecule has 2 aromatic rings. The zero-order chi connectivity index (χ0) is 13.9. The first-order chi connectivity index (χ1) is 8.96. The Balaban J connectivity index is 2.10. The molecule has 0 amide bonds. The zero-order valence-corrected chi connectivity index (χ0v) is 11.7. The second-order valence-electron chi connectivity index (χ2n) is 5.66. The summed E-state index contributed by atoms with van der Waals surface area (Å²) in [5, 5.41) is 13.4. The molecule has 0 aromatic carbocycles. The molecule has 0 aliphatic carbocycles. The zero-order valence-electron chi connectivity index (χ0n) is 11.7. The quantitative estimate of drug-likeness (QED) is 0.885. The molecule has 4 heteroatoms. The van der Waals surface area contributed by atoms with Crippen LogP contribution in [0.25, 0.3) is 5.82 Å². The second-order valence-corrected chi connectivity index (χ2v) is 5.66. The Morgan fingerprint density at radius 1 is 1.21 bits per heavy atom. The molecule has 4 nitrogen and oxygen atoms in total. The van der Waals surface area contributed by atoms with Gasteiger partial charge in [0.15, 0.2) is 0 Å². The number of rotatable bonds is 4. The first kappa shape index (κ1) is 13.8. The van der Waals surface area contributed by atoms with Gasteiger partial charge >= 0.3 is 0 Å². The van der Waals surface area contributed by atoms with Crippen LogP contribution in [0, 0.1) is 0 Å². The molecule has 0 radical (unpaired) electrons. The van der Waals surface area contributed by atoms with Gasteiger partial charge in [0.2, 0.25) is 0 Å². The average molecular weight is 259 g/mol. The van der Waals surface area contributed by atoms with Gasteiger partial charge in [0.25, 0.3) is 0 Å². The first-order valence-electron chi connectivity index (χ1n) is 6.49. The van der Waals surface area contributed by atoms with Gasteiger partial charge in [-0.1, -0.05) is 6.07 Å². The third-order valence-corrected chi connectivity index (χ3v) is 2.79. The summed E-state index contributed by atoms with van der Waals surface area (Å²) in [5.41, 5.74) is 0.668. The molecule has 0 aliphatic heterocycles. The van der Waals surface area contributed by atoms with E-state index in [2.05, 4.69) is 31.1 Å². The van der Waals surface area contributed by atoms with Gasteiger partial charge in [-0.3, -0.25) is 0 Å². The summed E-state index contributed by atoms with van der Waals surface area (Å²) >= 11 is 0. The molecule has 1 atom stereocenters. The number of pyridine rings is 1. The predicted molar refractivity (Wildman–Crippen MR) is 76.3 cm³/mol. The Morgan fingerprint density at radius 3 is 2.53 bits per heavy atom. The Kier molecular flexibility index (Phi) is 4.02.